The van der Waals surface area contributed by atoms with Gasteiger partial charge in [-0.05, 0) is 57.4 Å². The van der Waals surface area contributed by atoms with Gasteiger partial charge in [-0.15, -0.1) is 0 Å². The highest BCUT2D eigenvalue weighted by Gasteiger charge is 2.55. The first kappa shape index (κ1) is 14.4. The molecule has 0 aliphatic carbocycles. The summed E-state index contributed by atoms with van der Waals surface area (Å²) in [6.07, 6.45) is 1.27. The quantitative estimate of drug-likeness (QED) is 0.797. The van der Waals surface area contributed by atoms with E-state index in [1.165, 1.54) is 11.1 Å². The summed E-state index contributed by atoms with van der Waals surface area (Å²) in [7, 11) is 1.67. The molecule has 0 N–H and O–H groups in total. The van der Waals surface area contributed by atoms with Crippen LogP contribution in [-0.4, -0.2) is 29.2 Å². The van der Waals surface area contributed by atoms with E-state index < -0.39 is 11.3 Å². The fraction of sp³-hybridized carbons (Fsp3) is 0.588. The van der Waals surface area contributed by atoms with E-state index in [9.17, 15) is 4.79 Å². The Morgan fingerprint density at radius 1 is 1.24 bits per heavy atom. The zero-order valence-corrected chi connectivity index (χ0v) is 13.4. The molecule has 1 atom stereocenters. The number of fused-ring (bicyclic) bond motifs is 3. The van der Waals surface area contributed by atoms with Crippen LogP contribution in [-0.2, 0) is 16.0 Å². The van der Waals surface area contributed by atoms with Crippen LogP contribution in [0.25, 0.3) is 0 Å². The Kier molecular flexibility index (Phi) is 3.06. The molecule has 2 heterocycles. The molecular formula is C17H23NO3. The molecule has 21 heavy (non-hydrogen) atoms. The van der Waals surface area contributed by atoms with E-state index in [1.54, 1.807) is 7.11 Å². The molecule has 3 rings (SSSR count). The highest BCUT2D eigenvalue weighted by molar-refractivity contribution is 5.79. The molecule has 4 nitrogen and oxygen atoms in total. The second kappa shape index (κ2) is 4.47. The monoisotopic (exact) mass is 289 g/mol. The number of aryl methyl sites for hydroxylation is 1. The first-order chi connectivity index (χ1) is 9.76. The van der Waals surface area contributed by atoms with E-state index in [2.05, 4.69) is 19.9 Å². The van der Waals surface area contributed by atoms with Gasteiger partial charge in [0, 0.05) is 6.42 Å². The summed E-state index contributed by atoms with van der Waals surface area (Å²) in [5.74, 6) is 0.997. The number of amides is 1. The third-order valence-corrected chi connectivity index (χ3v) is 4.53. The molecule has 1 fully saturated rings. The van der Waals surface area contributed by atoms with Crippen molar-refractivity contribution >= 4 is 5.91 Å². The maximum atomic E-state index is 12.6. The van der Waals surface area contributed by atoms with Crippen molar-refractivity contribution in [1.82, 2.24) is 4.90 Å². The minimum Gasteiger partial charge on any atom is -0.497 e. The summed E-state index contributed by atoms with van der Waals surface area (Å²) < 4.78 is 11.5. The summed E-state index contributed by atoms with van der Waals surface area (Å²) >= 11 is 0. The van der Waals surface area contributed by atoms with E-state index in [0.29, 0.717) is 6.42 Å². The highest BCUT2D eigenvalue weighted by Crippen LogP contribution is 2.50. The third kappa shape index (κ3) is 2.13. The Balaban J connectivity index is 2.17. The van der Waals surface area contributed by atoms with Gasteiger partial charge < -0.3 is 14.4 Å². The molecule has 0 bridgehead atoms. The van der Waals surface area contributed by atoms with Crippen molar-refractivity contribution in [2.45, 2.75) is 57.9 Å². The lowest BCUT2D eigenvalue weighted by Crippen LogP contribution is -2.44. The number of methoxy groups -OCH3 is 1. The predicted molar refractivity (Wildman–Crippen MR) is 80.1 cm³/mol. The number of rotatable bonds is 1. The molecule has 114 valence electrons. The van der Waals surface area contributed by atoms with Gasteiger partial charge in [0.1, 0.15) is 11.5 Å². The van der Waals surface area contributed by atoms with Crippen LogP contribution in [0.2, 0.25) is 0 Å². The SMILES string of the molecule is COc1ccc2c(c1)CCC(=O)N1[C@H]2C(C)(C)OC1(C)C. The molecule has 1 aromatic carbocycles. The average Bonchev–Trinajstić information content (AvgIpc) is 2.51. The van der Waals surface area contributed by atoms with E-state index in [4.69, 9.17) is 9.47 Å². The fourth-order valence-corrected chi connectivity index (χ4v) is 3.88. The van der Waals surface area contributed by atoms with Crippen LogP contribution in [0, 0.1) is 0 Å². The molecular weight excluding hydrogens is 266 g/mol. The minimum absolute atomic E-state index is 0.0524. The molecule has 2 aliphatic rings. The second-order valence-electron chi connectivity index (χ2n) is 6.88. The number of carbonyl (C=O) groups excluding carboxylic acids is 1. The molecule has 0 aromatic heterocycles. The molecule has 4 heteroatoms. The minimum atomic E-state index is -0.577. The molecule has 1 aromatic rings. The standard InChI is InChI=1S/C17H23NO3/c1-16(2)15-13-8-7-12(20-5)10-11(13)6-9-14(19)18(15)17(3,4)21-16/h7-8,10,15H,6,9H2,1-5H3/t15-/m1/s1. The Hall–Kier alpha value is -1.55. The zero-order valence-electron chi connectivity index (χ0n) is 13.4. The largest absolute Gasteiger partial charge is 0.497 e. The summed E-state index contributed by atoms with van der Waals surface area (Å²) in [4.78, 5) is 14.6. The Morgan fingerprint density at radius 2 is 1.95 bits per heavy atom. The molecule has 2 aliphatic heterocycles. The molecule has 0 radical (unpaired) electrons. The summed E-state index contributed by atoms with van der Waals surface area (Å²) in [6, 6.07) is 6.04. The van der Waals surface area contributed by atoms with Crippen LogP contribution >= 0.6 is 0 Å². The van der Waals surface area contributed by atoms with Crippen LogP contribution in [0.5, 0.6) is 5.75 Å². The number of hydrogen-bond acceptors (Lipinski definition) is 3. The van der Waals surface area contributed by atoms with Crippen molar-refractivity contribution in [2.24, 2.45) is 0 Å². The van der Waals surface area contributed by atoms with E-state index in [-0.39, 0.29) is 11.9 Å². The Morgan fingerprint density at radius 3 is 2.62 bits per heavy atom. The van der Waals surface area contributed by atoms with E-state index in [0.717, 1.165) is 12.2 Å². The van der Waals surface area contributed by atoms with Gasteiger partial charge in [0.15, 0.2) is 0 Å². The van der Waals surface area contributed by atoms with Gasteiger partial charge in [0.05, 0.1) is 18.8 Å². The first-order valence-corrected chi connectivity index (χ1v) is 7.45. The van der Waals surface area contributed by atoms with Crippen molar-refractivity contribution in [3.8, 4) is 5.75 Å². The normalized spacial score (nSPS) is 26.0. The first-order valence-electron chi connectivity index (χ1n) is 7.45. The van der Waals surface area contributed by atoms with Crippen LogP contribution in [0.15, 0.2) is 18.2 Å². The number of hydrogen-bond donors (Lipinski definition) is 0. The summed E-state index contributed by atoms with van der Waals surface area (Å²) in [5.41, 5.74) is 1.38. The molecule has 0 saturated carbocycles. The highest BCUT2D eigenvalue weighted by atomic mass is 16.6. The van der Waals surface area contributed by atoms with Crippen LogP contribution in [0.3, 0.4) is 0 Å². The zero-order chi connectivity index (χ0) is 15.4. The fourth-order valence-electron chi connectivity index (χ4n) is 3.88. The summed E-state index contributed by atoms with van der Waals surface area (Å²) in [6.45, 7) is 8.07. The van der Waals surface area contributed by atoms with Crippen molar-refractivity contribution in [3.63, 3.8) is 0 Å². The molecule has 0 spiro atoms. The second-order valence-corrected chi connectivity index (χ2v) is 6.88. The summed E-state index contributed by atoms with van der Waals surface area (Å²) in [5, 5.41) is 0. The average molecular weight is 289 g/mol. The maximum Gasteiger partial charge on any atom is 0.225 e. The smallest absolute Gasteiger partial charge is 0.225 e. The van der Waals surface area contributed by atoms with Crippen molar-refractivity contribution in [3.05, 3.63) is 29.3 Å². The van der Waals surface area contributed by atoms with Crippen molar-refractivity contribution < 1.29 is 14.3 Å². The van der Waals surface area contributed by atoms with Gasteiger partial charge in [0.2, 0.25) is 5.91 Å². The van der Waals surface area contributed by atoms with Crippen molar-refractivity contribution in [1.29, 1.82) is 0 Å². The molecule has 1 amide bonds. The molecule has 0 unspecified atom stereocenters. The number of carbonyl (C=O) groups is 1. The van der Waals surface area contributed by atoms with Gasteiger partial charge in [0.25, 0.3) is 0 Å². The van der Waals surface area contributed by atoms with Crippen molar-refractivity contribution in [2.75, 3.05) is 7.11 Å². The van der Waals surface area contributed by atoms with E-state index >= 15 is 0 Å². The van der Waals surface area contributed by atoms with Crippen LogP contribution < -0.4 is 4.74 Å². The van der Waals surface area contributed by atoms with Gasteiger partial charge in [-0.2, -0.15) is 0 Å². The number of ether oxygens (including phenoxy) is 2. The topological polar surface area (TPSA) is 38.8 Å². The van der Waals surface area contributed by atoms with Gasteiger partial charge in [-0.3, -0.25) is 4.79 Å². The van der Waals surface area contributed by atoms with Gasteiger partial charge in [-0.25, -0.2) is 0 Å². The predicted octanol–water partition coefficient (Wildman–Crippen LogP) is 3.06. The third-order valence-electron chi connectivity index (χ3n) is 4.53. The lowest BCUT2D eigenvalue weighted by atomic mass is 9.88. The van der Waals surface area contributed by atoms with Gasteiger partial charge >= 0.3 is 0 Å². The lowest BCUT2D eigenvalue weighted by Gasteiger charge is -2.33. The molecule has 1 saturated heterocycles. The Bertz CT molecular complexity index is 592. The number of benzene rings is 1. The lowest BCUT2D eigenvalue weighted by molar-refractivity contribution is -0.149. The van der Waals surface area contributed by atoms with E-state index in [1.807, 2.05) is 30.9 Å². The maximum absolute atomic E-state index is 12.6. The number of nitrogens with zero attached hydrogens (tertiary/aromatic N) is 1. The Labute approximate surface area is 126 Å². The van der Waals surface area contributed by atoms with Crippen LogP contribution in [0.1, 0.15) is 51.3 Å². The van der Waals surface area contributed by atoms with Crippen LogP contribution in [0.4, 0.5) is 0 Å². The van der Waals surface area contributed by atoms with Gasteiger partial charge in [-0.1, -0.05) is 6.07 Å².